The predicted molar refractivity (Wildman–Crippen MR) is 53.6 cm³/mol. The molecule has 0 amide bonds. The minimum atomic E-state index is 0.166. The molecule has 7 nitrogen and oxygen atoms in total. The molecule has 2 heterocycles. The molecule has 2 aromatic rings. The lowest BCUT2D eigenvalue weighted by molar-refractivity contribution is 0.288. The van der Waals surface area contributed by atoms with Gasteiger partial charge in [-0.3, -0.25) is 0 Å². The molecule has 2 rings (SSSR count). The SMILES string of the molecule is Cc1nonc1Cn1cc(CCCO)nn1. The van der Waals surface area contributed by atoms with Gasteiger partial charge in [0.2, 0.25) is 0 Å². The Balaban J connectivity index is 2.00. The molecule has 0 aliphatic rings. The molecule has 2 aromatic heterocycles. The molecule has 0 radical (unpaired) electrons. The van der Waals surface area contributed by atoms with Crippen LogP contribution in [0.25, 0.3) is 0 Å². The molecular weight excluding hydrogens is 210 g/mol. The van der Waals surface area contributed by atoms with Crippen LogP contribution >= 0.6 is 0 Å². The first-order valence-corrected chi connectivity index (χ1v) is 5.07. The van der Waals surface area contributed by atoms with E-state index in [1.807, 2.05) is 13.1 Å². The molecule has 0 saturated carbocycles. The van der Waals surface area contributed by atoms with E-state index in [-0.39, 0.29) is 6.61 Å². The van der Waals surface area contributed by atoms with Crippen molar-refractivity contribution in [3.8, 4) is 0 Å². The Morgan fingerprint density at radius 2 is 2.31 bits per heavy atom. The highest BCUT2D eigenvalue weighted by Crippen LogP contribution is 2.04. The van der Waals surface area contributed by atoms with E-state index in [0.29, 0.717) is 13.0 Å². The van der Waals surface area contributed by atoms with Gasteiger partial charge in [-0.2, -0.15) is 0 Å². The molecular formula is C9H13N5O2. The fourth-order valence-corrected chi connectivity index (χ4v) is 1.34. The van der Waals surface area contributed by atoms with E-state index in [2.05, 4.69) is 25.3 Å². The van der Waals surface area contributed by atoms with Gasteiger partial charge in [0.1, 0.15) is 11.4 Å². The van der Waals surface area contributed by atoms with Gasteiger partial charge in [0.05, 0.1) is 12.2 Å². The lowest BCUT2D eigenvalue weighted by Gasteiger charge is -1.94. The second-order valence-corrected chi connectivity index (χ2v) is 3.53. The number of nitrogens with zero attached hydrogens (tertiary/aromatic N) is 5. The zero-order valence-corrected chi connectivity index (χ0v) is 9.00. The Morgan fingerprint density at radius 3 is 3.00 bits per heavy atom. The first-order chi connectivity index (χ1) is 7.79. The molecule has 86 valence electrons. The number of hydrogen-bond donors (Lipinski definition) is 1. The van der Waals surface area contributed by atoms with Crippen molar-refractivity contribution in [3.63, 3.8) is 0 Å². The molecule has 0 bridgehead atoms. The fourth-order valence-electron chi connectivity index (χ4n) is 1.34. The molecule has 7 heteroatoms. The van der Waals surface area contributed by atoms with E-state index in [4.69, 9.17) is 5.11 Å². The summed E-state index contributed by atoms with van der Waals surface area (Å²) in [5.41, 5.74) is 2.37. The van der Waals surface area contributed by atoms with Crippen molar-refractivity contribution in [1.29, 1.82) is 0 Å². The Labute approximate surface area is 92.0 Å². The smallest absolute Gasteiger partial charge is 0.129 e. The second-order valence-electron chi connectivity index (χ2n) is 3.53. The zero-order chi connectivity index (χ0) is 11.4. The standard InChI is InChI=1S/C9H13N5O2/c1-7-9(12-16-11-7)6-14-5-8(10-13-14)3-2-4-15/h5,15H,2-4,6H2,1H3. The summed E-state index contributed by atoms with van der Waals surface area (Å²) in [5.74, 6) is 0. The number of aromatic nitrogens is 5. The van der Waals surface area contributed by atoms with Crippen LogP contribution in [-0.4, -0.2) is 37.0 Å². The maximum absolute atomic E-state index is 8.69. The van der Waals surface area contributed by atoms with Crippen molar-refractivity contribution < 1.29 is 9.74 Å². The molecule has 0 spiro atoms. The van der Waals surface area contributed by atoms with Gasteiger partial charge >= 0.3 is 0 Å². The minimum absolute atomic E-state index is 0.166. The van der Waals surface area contributed by atoms with Crippen molar-refractivity contribution in [3.05, 3.63) is 23.3 Å². The molecule has 0 unspecified atom stereocenters. The van der Waals surface area contributed by atoms with Crippen molar-refractivity contribution in [2.24, 2.45) is 0 Å². The van der Waals surface area contributed by atoms with Gasteiger partial charge in [-0.25, -0.2) is 9.31 Å². The van der Waals surface area contributed by atoms with Crippen LogP contribution in [0.15, 0.2) is 10.8 Å². The van der Waals surface area contributed by atoms with Gasteiger partial charge < -0.3 is 5.11 Å². The molecule has 0 aromatic carbocycles. The molecule has 0 aliphatic carbocycles. The van der Waals surface area contributed by atoms with Crippen LogP contribution in [-0.2, 0) is 13.0 Å². The van der Waals surface area contributed by atoms with Gasteiger partial charge in [-0.15, -0.1) is 5.10 Å². The third-order valence-corrected chi connectivity index (χ3v) is 2.24. The summed E-state index contributed by atoms with van der Waals surface area (Å²) in [6.45, 7) is 2.50. The lowest BCUT2D eigenvalue weighted by Crippen LogP contribution is -2.02. The van der Waals surface area contributed by atoms with E-state index < -0.39 is 0 Å². The van der Waals surface area contributed by atoms with Crippen molar-refractivity contribution in [2.45, 2.75) is 26.3 Å². The lowest BCUT2D eigenvalue weighted by atomic mass is 10.2. The first-order valence-electron chi connectivity index (χ1n) is 5.07. The minimum Gasteiger partial charge on any atom is -0.396 e. The Morgan fingerprint density at radius 1 is 1.44 bits per heavy atom. The quantitative estimate of drug-likeness (QED) is 0.763. The third-order valence-electron chi connectivity index (χ3n) is 2.24. The third kappa shape index (κ3) is 2.43. The summed E-state index contributed by atoms with van der Waals surface area (Å²) >= 11 is 0. The topological polar surface area (TPSA) is 89.9 Å². The summed E-state index contributed by atoms with van der Waals surface area (Å²) in [6, 6.07) is 0. The predicted octanol–water partition coefficient (Wildman–Crippen LogP) is -0.0573. The van der Waals surface area contributed by atoms with Crippen molar-refractivity contribution in [2.75, 3.05) is 6.61 Å². The molecule has 16 heavy (non-hydrogen) atoms. The van der Waals surface area contributed by atoms with Gasteiger partial charge in [0, 0.05) is 12.8 Å². The zero-order valence-electron chi connectivity index (χ0n) is 9.00. The van der Waals surface area contributed by atoms with Crippen LogP contribution in [0.5, 0.6) is 0 Å². The molecule has 0 aliphatic heterocycles. The second kappa shape index (κ2) is 4.84. The number of aliphatic hydroxyl groups excluding tert-OH is 1. The number of rotatable bonds is 5. The fraction of sp³-hybridized carbons (Fsp3) is 0.556. The van der Waals surface area contributed by atoms with Gasteiger partial charge in [0.25, 0.3) is 0 Å². The molecule has 0 atom stereocenters. The van der Waals surface area contributed by atoms with Crippen LogP contribution in [0.1, 0.15) is 23.5 Å². The van der Waals surface area contributed by atoms with Gasteiger partial charge in [-0.05, 0) is 19.8 Å². The highest BCUT2D eigenvalue weighted by atomic mass is 16.6. The highest BCUT2D eigenvalue weighted by Gasteiger charge is 2.07. The van der Waals surface area contributed by atoms with Crippen molar-refractivity contribution >= 4 is 0 Å². The Bertz CT molecular complexity index is 450. The first kappa shape index (κ1) is 10.7. The van der Waals surface area contributed by atoms with E-state index in [9.17, 15) is 0 Å². The van der Waals surface area contributed by atoms with Crippen LogP contribution in [0.4, 0.5) is 0 Å². The summed E-state index contributed by atoms with van der Waals surface area (Å²) < 4.78 is 6.27. The normalized spacial score (nSPS) is 10.9. The van der Waals surface area contributed by atoms with Crippen LogP contribution in [0.2, 0.25) is 0 Å². The van der Waals surface area contributed by atoms with Gasteiger partial charge in [0.15, 0.2) is 0 Å². The maximum Gasteiger partial charge on any atom is 0.129 e. The van der Waals surface area contributed by atoms with E-state index in [1.165, 1.54) is 0 Å². The molecule has 0 saturated heterocycles. The summed E-state index contributed by atoms with van der Waals surface area (Å²) in [5, 5.41) is 24.1. The summed E-state index contributed by atoms with van der Waals surface area (Å²) in [7, 11) is 0. The largest absolute Gasteiger partial charge is 0.396 e. The van der Waals surface area contributed by atoms with Crippen LogP contribution < -0.4 is 0 Å². The molecule has 1 N–H and O–H groups in total. The Kier molecular flexibility index (Phi) is 3.25. The number of hydrogen-bond acceptors (Lipinski definition) is 6. The summed E-state index contributed by atoms with van der Waals surface area (Å²) in [6.07, 6.45) is 3.26. The average Bonchev–Trinajstić information content (AvgIpc) is 2.87. The average molecular weight is 223 g/mol. The monoisotopic (exact) mass is 223 g/mol. The van der Waals surface area contributed by atoms with E-state index in [1.54, 1.807) is 4.68 Å². The Hall–Kier alpha value is -1.76. The number of aliphatic hydroxyl groups is 1. The van der Waals surface area contributed by atoms with Crippen LogP contribution in [0, 0.1) is 6.92 Å². The highest BCUT2D eigenvalue weighted by molar-refractivity contribution is 5.05. The maximum atomic E-state index is 8.69. The van der Waals surface area contributed by atoms with Crippen LogP contribution in [0.3, 0.4) is 0 Å². The molecule has 0 fully saturated rings. The van der Waals surface area contributed by atoms with E-state index >= 15 is 0 Å². The summed E-state index contributed by atoms with van der Waals surface area (Å²) in [4.78, 5) is 0. The van der Waals surface area contributed by atoms with Crippen molar-refractivity contribution in [1.82, 2.24) is 25.3 Å². The van der Waals surface area contributed by atoms with E-state index in [0.717, 1.165) is 23.5 Å². The van der Waals surface area contributed by atoms with Gasteiger partial charge in [-0.1, -0.05) is 15.5 Å². The number of aryl methyl sites for hydroxylation is 2.